The zero-order valence-corrected chi connectivity index (χ0v) is 12.0. The van der Waals surface area contributed by atoms with Crippen LogP contribution in [0.2, 0.25) is 0 Å². The fraction of sp³-hybridized carbons (Fsp3) is 0.154. The summed E-state index contributed by atoms with van der Waals surface area (Å²) in [5.74, 6) is 1.88. The second-order valence-corrected chi connectivity index (χ2v) is 5.17. The third-order valence-electron chi connectivity index (χ3n) is 2.54. The van der Waals surface area contributed by atoms with Crippen molar-refractivity contribution < 1.29 is 4.52 Å². The van der Waals surface area contributed by atoms with E-state index in [1.807, 2.05) is 25.1 Å². The predicted molar refractivity (Wildman–Crippen MR) is 78.3 cm³/mol. The molecule has 0 spiro atoms. The Morgan fingerprint density at radius 3 is 2.90 bits per heavy atom. The van der Waals surface area contributed by atoms with Gasteiger partial charge >= 0.3 is 0 Å². The van der Waals surface area contributed by atoms with E-state index in [-0.39, 0.29) is 0 Å². The highest BCUT2D eigenvalue weighted by atomic mass is 32.2. The molecule has 0 aliphatic heterocycles. The summed E-state index contributed by atoms with van der Waals surface area (Å²) in [6.07, 6.45) is 1.68. The zero-order valence-electron chi connectivity index (χ0n) is 11.2. The minimum Gasteiger partial charge on any atom is -0.384 e. The molecule has 8 heteroatoms. The molecule has 3 heterocycles. The highest BCUT2D eigenvalue weighted by Gasteiger charge is 2.10. The molecule has 0 aromatic carbocycles. The molecule has 7 nitrogen and oxygen atoms in total. The number of aromatic nitrogens is 5. The van der Waals surface area contributed by atoms with Crippen LogP contribution in [0.3, 0.4) is 0 Å². The Balaban J connectivity index is 1.70. The normalized spacial score (nSPS) is 10.7. The van der Waals surface area contributed by atoms with Gasteiger partial charge < -0.3 is 10.3 Å². The molecule has 0 amide bonds. The lowest BCUT2D eigenvalue weighted by atomic mass is 10.3. The topological polar surface area (TPSA) is 104 Å². The summed E-state index contributed by atoms with van der Waals surface area (Å²) in [7, 11) is 0. The van der Waals surface area contributed by atoms with Crippen LogP contribution in [0.25, 0.3) is 11.5 Å². The number of nitrogens with zero attached hydrogens (tertiary/aromatic N) is 5. The lowest BCUT2D eigenvalue weighted by Crippen LogP contribution is -1.96. The average Bonchev–Trinajstić information content (AvgIpc) is 2.94. The Labute approximate surface area is 125 Å². The standard InChI is InChI=1S/C13H12N6OS/c1-8-6-10(14)17-13(16-8)21-7-11-18-12(19-20-11)9-4-2-3-5-15-9/h2-6H,7H2,1H3,(H2,14,16,17). The van der Waals surface area contributed by atoms with Crippen molar-refractivity contribution in [1.82, 2.24) is 25.1 Å². The second-order valence-electron chi connectivity index (χ2n) is 4.23. The summed E-state index contributed by atoms with van der Waals surface area (Å²) in [6, 6.07) is 7.25. The van der Waals surface area contributed by atoms with Gasteiger partial charge in [-0.1, -0.05) is 23.0 Å². The van der Waals surface area contributed by atoms with Crippen LogP contribution in [-0.2, 0) is 5.75 Å². The monoisotopic (exact) mass is 300 g/mol. The molecule has 0 aliphatic carbocycles. The van der Waals surface area contributed by atoms with Crippen LogP contribution in [0.5, 0.6) is 0 Å². The van der Waals surface area contributed by atoms with Crippen molar-refractivity contribution in [2.75, 3.05) is 5.73 Å². The molecule has 0 radical (unpaired) electrons. The second kappa shape index (κ2) is 5.88. The Hall–Kier alpha value is -2.48. The number of nitrogen functional groups attached to an aromatic ring is 1. The van der Waals surface area contributed by atoms with Crippen molar-refractivity contribution in [3.8, 4) is 11.5 Å². The molecule has 0 aliphatic rings. The number of pyridine rings is 1. The van der Waals surface area contributed by atoms with Crippen molar-refractivity contribution in [2.45, 2.75) is 17.8 Å². The van der Waals surface area contributed by atoms with E-state index in [0.29, 0.717) is 34.1 Å². The smallest absolute Gasteiger partial charge is 0.237 e. The first-order valence-electron chi connectivity index (χ1n) is 6.18. The molecule has 0 unspecified atom stereocenters. The molecule has 0 atom stereocenters. The van der Waals surface area contributed by atoms with E-state index in [2.05, 4.69) is 25.1 Å². The fourth-order valence-corrected chi connectivity index (χ4v) is 2.42. The SMILES string of the molecule is Cc1cc(N)nc(SCc2nc(-c3ccccn3)no2)n1. The lowest BCUT2D eigenvalue weighted by Gasteiger charge is -2.00. The van der Waals surface area contributed by atoms with E-state index in [0.717, 1.165) is 5.69 Å². The molecule has 3 rings (SSSR count). The molecular weight excluding hydrogens is 288 g/mol. The largest absolute Gasteiger partial charge is 0.384 e. The predicted octanol–water partition coefficient (Wildman–Crippen LogP) is 2.10. The summed E-state index contributed by atoms with van der Waals surface area (Å²) < 4.78 is 5.19. The first kappa shape index (κ1) is 13.5. The van der Waals surface area contributed by atoms with Crippen LogP contribution in [0.15, 0.2) is 40.1 Å². The Bertz CT molecular complexity index is 725. The highest BCUT2D eigenvalue weighted by molar-refractivity contribution is 7.98. The van der Waals surface area contributed by atoms with Gasteiger partial charge in [-0.25, -0.2) is 9.97 Å². The molecular formula is C13H12N6OS. The van der Waals surface area contributed by atoms with Crippen molar-refractivity contribution in [2.24, 2.45) is 0 Å². The molecule has 21 heavy (non-hydrogen) atoms. The fourth-order valence-electron chi connectivity index (χ4n) is 1.67. The van der Waals surface area contributed by atoms with E-state index in [1.165, 1.54) is 11.8 Å². The number of hydrogen-bond acceptors (Lipinski definition) is 8. The van der Waals surface area contributed by atoms with Crippen molar-refractivity contribution in [3.05, 3.63) is 42.0 Å². The van der Waals surface area contributed by atoms with Gasteiger partial charge in [0.05, 0.1) is 5.75 Å². The van der Waals surface area contributed by atoms with Crippen LogP contribution < -0.4 is 5.73 Å². The van der Waals surface area contributed by atoms with Crippen molar-refractivity contribution in [1.29, 1.82) is 0 Å². The Morgan fingerprint density at radius 1 is 1.24 bits per heavy atom. The van der Waals surface area contributed by atoms with E-state index in [9.17, 15) is 0 Å². The summed E-state index contributed by atoms with van der Waals surface area (Å²) in [6.45, 7) is 1.87. The Morgan fingerprint density at radius 2 is 2.14 bits per heavy atom. The summed E-state index contributed by atoms with van der Waals surface area (Å²) in [4.78, 5) is 16.9. The van der Waals surface area contributed by atoms with Gasteiger partial charge in [0, 0.05) is 18.0 Å². The summed E-state index contributed by atoms with van der Waals surface area (Å²) in [5.41, 5.74) is 7.18. The molecule has 0 saturated carbocycles. The molecule has 3 aromatic heterocycles. The van der Waals surface area contributed by atoms with Gasteiger partial charge in [-0.05, 0) is 19.1 Å². The molecule has 0 fully saturated rings. The first-order chi connectivity index (χ1) is 10.2. The minimum atomic E-state index is 0.449. The quantitative estimate of drug-likeness (QED) is 0.577. The van der Waals surface area contributed by atoms with E-state index in [4.69, 9.17) is 10.3 Å². The third kappa shape index (κ3) is 3.34. The number of hydrogen-bond donors (Lipinski definition) is 1. The third-order valence-corrected chi connectivity index (χ3v) is 3.37. The highest BCUT2D eigenvalue weighted by Crippen LogP contribution is 2.21. The number of anilines is 1. The van der Waals surface area contributed by atoms with Gasteiger partial charge in [-0.2, -0.15) is 4.98 Å². The van der Waals surface area contributed by atoms with Gasteiger partial charge in [-0.15, -0.1) is 0 Å². The van der Waals surface area contributed by atoms with Gasteiger partial charge in [0.15, 0.2) is 5.16 Å². The average molecular weight is 300 g/mol. The molecule has 106 valence electrons. The van der Waals surface area contributed by atoms with Crippen LogP contribution in [-0.4, -0.2) is 25.1 Å². The van der Waals surface area contributed by atoms with Crippen LogP contribution >= 0.6 is 11.8 Å². The number of aryl methyl sites for hydroxylation is 1. The number of thioether (sulfide) groups is 1. The molecule has 3 aromatic rings. The lowest BCUT2D eigenvalue weighted by molar-refractivity contribution is 0.391. The number of rotatable bonds is 4. The van der Waals surface area contributed by atoms with Gasteiger partial charge in [-0.3, -0.25) is 4.98 Å². The van der Waals surface area contributed by atoms with E-state index in [1.54, 1.807) is 12.3 Å². The van der Waals surface area contributed by atoms with Crippen LogP contribution in [0.1, 0.15) is 11.6 Å². The summed E-state index contributed by atoms with van der Waals surface area (Å²) in [5, 5.41) is 4.49. The van der Waals surface area contributed by atoms with Crippen LogP contribution in [0.4, 0.5) is 5.82 Å². The Kier molecular flexibility index (Phi) is 3.78. The van der Waals surface area contributed by atoms with Crippen LogP contribution in [0, 0.1) is 6.92 Å². The van der Waals surface area contributed by atoms with E-state index >= 15 is 0 Å². The molecule has 0 saturated heterocycles. The maximum atomic E-state index is 5.68. The van der Waals surface area contributed by atoms with Gasteiger partial charge in [0.2, 0.25) is 11.7 Å². The minimum absolute atomic E-state index is 0.449. The maximum absolute atomic E-state index is 5.68. The number of nitrogens with two attached hydrogens (primary N) is 1. The van der Waals surface area contributed by atoms with Gasteiger partial charge in [0.25, 0.3) is 0 Å². The molecule has 2 N–H and O–H groups in total. The maximum Gasteiger partial charge on any atom is 0.237 e. The van der Waals surface area contributed by atoms with E-state index < -0.39 is 0 Å². The zero-order chi connectivity index (χ0) is 14.7. The molecule has 0 bridgehead atoms. The van der Waals surface area contributed by atoms with Crippen molar-refractivity contribution >= 4 is 17.6 Å². The summed E-state index contributed by atoms with van der Waals surface area (Å²) >= 11 is 1.39. The van der Waals surface area contributed by atoms with Gasteiger partial charge in [0.1, 0.15) is 11.5 Å². The van der Waals surface area contributed by atoms with Crippen molar-refractivity contribution in [3.63, 3.8) is 0 Å². The first-order valence-corrected chi connectivity index (χ1v) is 7.17.